The Bertz CT molecular complexity index is 7440. The van der Waals surface area contributed by atoms with E-state index < -0.39 is 0 Å². The first-order valence-electron chi connectivity index (χ1n) is 37.7. The van der Waals surface area contributed by atoms with Crippen molar-refractivity contribution in [3.63, 3.8) is 0 Å². The molecule has 0 aliphatic rings. The summed E-state index contributed by atoms with van der Waals surface area (Å²) in [6, 6.07) is 132. The zero-order chi connectivity index (χ0) is 73.7. The number of rotatable bonds is 13. The lowest BCUT2D eigenvalue weighted by atomic mass is 9.88. The summed E-state index contributed by atoms with van der Waals surface area (Å²) < 4.78 is 26.9. The van der Waals surface area contributed by atoms with Crippen LogP contribution in [0.3, 0.4) is 0 Å². The summed E-state index contributed by atoms with van der Waals surface area (Å²) in [5, 5.41) is 8.49. The van der Waals surface area contributed by atoms with E-state index in [1.54, 1.807) is 0 Å². The van der Waals surface area contributed by atoms with E-state index in [1.165, 1.54) is 0 Å². The third-order valence-electron chi connectivity index (χ3n) is 22.0. The summed E-state index contributed by atoms with van der Waals surface area (Å²) in [4.78, 5) is 21.1. The minimum atomic E-state index is 0.629. The largest absolute Gasteiger partial charge is 0.456 e. The highest BCUT2D eigenvalue weighted by molar-refractivity contribution is 6.18. The van der Waals surface area contributed by atoms with Crippen molar-refractivity contribution < 1.29 is 17.7 Å². The van der Waals surface area contributed by atoms with E-state index >= 15 is 0 Å². The number of nitrogens with zero attached hydrogens (tertiary/aromatic N) is 4. The van der Waals surface area contributed by atoms with Crippen molar-refractivity contribution in [1.29, 1.82) is 0 Å². The molecule has 16 aromatic carbocycles. The first kappa shape index (κ1) is 64.1. The average Bonchev–Trinajstić information content (AvgIpc) is 1.66. The molecule has 0 fully saturated rings. The van der Waals surface area contributed by atoms with Gasteiger partial charge in [0.2, 0.25) is 0 Å². The molecule has 0 radical (unpaired) electrons. The van der Waals surface area contributed by atoms with E-state index in [2.05, 4.69) is 285 Å². The topological polar surface area (TPSA) is 104 Å². The van der Waals surface area contributed by atoms with Gasteiger partial charge in [0.1, 0.15) is 44.7 Å². The quantitative estimate of drug-likeness (QED) is 0.112. The molecule has 0 bridgehead atoms. The number of aromatic nitrogens is 4. The predicted octanol–water partition coefficient (Wildman–Crippen LogP) is 28.5. The monoisotopic (exact) mass is 1430 g/mol. The van der Waals surface area contributed by atoms with Gasteiger partial charge in [-0.05, 0) is 134 Å². The lowest BCUT2D eigenvalue weighted by Gasteiger charge is -2.15. The Morgan fingerprint density at radius 3 is 1.02 bits per heavy atom. The molecule has 0 N–H and O–H groups in total. The summed E-state index contributed by atoms with van der Waals surface area (Å²) >= 11 is 0. The average molecular weight is 1430 g/mol. The molecule has 0 unspecified atom stereocenters. The third-order valence-corrected chi connectivity index (χ3v) is 22.0. The van der Waals surface area contributed by atoms with E-state index in [0.717, 1.165) is 222 Å². The molecule has 8 nitrogen and oxygen atoms in total. The van der Waals surface area contributed by atoms with Gasteiger partial charge >= 0.3 is 0 Å². The van der Waals surface area contributed by atoms with Crippen molar-refractivity contribution >= 4 is 87.8 Å². The van der Waals surface area contributed by atoms with E-state index in [1.807, 2.05) is 91.0 Å². The van der Waals surface area contributed by atoms with Crippen LogP contribution in [0.25, 0.3) is 233 Å². The van der Waals surface area contributed by atoms with Gasteiger partial charge in [0.05, 0.1) is 22.8 Å². The normalized spacial score (nSPS) is 11.8. The molecule has 6 heterocycles. The Morgan fingerprint density at radius 2 is 0.491 bits per heavy atom. The molecular weight excluding hydrogens is 1370 g/mol. The van der Waals surface area contributed by atoms with Crippen LogP contribution >= 0.6 is 0 Å². The van der Waals surface area contributed by atoms with Crippen LogP contribution in [0.5, 0.6) is 0 Å². The number of benzene rings is 16. The van der Waals surface area contributed by atoms with Crippen LogP contribution in [0.2, 0.25) is 0 Å². The van der Waals surface area contributed by atoms with Crippen molar-refractivity contribution in [2.24, 2.45) is 0 Å². The zero-order valence-corrected chi connectivity index (χ0v) is 60.2. The molecular formula is C104H62N4O4. The lowest BCUT2D eigenvalue weighted by molar-refractivity contribution is 0.668. The molecule has 0 atom stereocenters. The highest BCUT2D eigenvalue weighted by atomic mass is 16.3. The molecule has 8 heteroatoms. The second-order valence-electron chi connectivity index (χ2n) is 28.6. The lowest BCUT2D eigenvalue weighted by Crippen LogP contribution is -1.96. The highest BCUT2D eigenvalue weighted by Gasteiger charge is 2.24. The van der Waals surface area contributed by atoms with Gasteiger partial charge in [0.15, 0.2) is 11.6 Å². The van der Waals surface area contributed by atoms with Crippen molar-refractivity contribution in [3.8, 4) is 146 Å². The maximum absolute atomic E-state index is 7.04. The third kappa shape index (κ3) is 11.1. The van der Waals surface area contributed by atoms with Gasteiger partial charge in [-0.1, -0.05) is 297 Å². The second-order valence-corrected chi connectivity index (χ2v) is 28.6. The summed E-state index contributed by atoms with van der Waals surface area (Å²) in [5.41, 5.74) is 30.5. The number of hydrogen-bond donors (Lipinski definition) is 0. The predicted molar refractivity (Wildman–Crippen MR) is 457 cm³/mol. The standard InChI is InChI=1S/C104H62N4O4/c1-4-22-65(23-5-1)87-61-88(106-103(105-87)66-24-6-2-7-25-66)73-32-18-34-75(58-73)97-77(52-54-94-99(97)85-37-11-14-44-92(85)109-94)63-46-48-64(49-47-63)79-39-20-42-84-82-51-50-69(60-96(82)112-101(79)84)68-28-16-31-72(56-68)89-62-90(108-104(107-89)67-26-8-3-9-27-67)74-33-19-35-76(59-74)98-78(53-55-95-100(98)86-38-12-15-45-93(86)110-95)70-29-17-30-71(57-70)80-40-21-41-83-81-36-10-13-43-91(81)111-102(80)83/h1-62H. The van der Waals surface area contributed by atoms with E-state index in [0.29, 0.717) is 11.6 Å². The Morgan fingerprint density at radius 1 is 0.161 bits per heavy atom. The fourth-order valence-electron chi connectivity index (χ4n) is 16.6. The summed E-state index contributed by atoms with van der Waals surface area (Å²) in [7, 11) is 0. The van der Waals surface area contributed by atoms with Gasteiger partial charge < -0.3 is 17.7 Å². The maximum Gasteiger partial charge on any atom is 0.160 e. The van der Waals surface area contributed by atoms with E-state index in [4.69, 9.17) is 37.6 Å². The molecule has 0 spiro atoms. The Hall–Kier alpha value is -15.1. The van der Waals surface area contributed by atoms with Crippen LogP contribution < -0.4 is 0 Å². The Kier molecular flexibility index (Phi) is 15.1. The van der Waals surface area contributed by atoms with E-state index in [-0.39, 0.29) is 0 Å². The van der Waals surface area contributed by atoms with Gasteiger partial charge in [-0.2, -0.15) is 0 Å². The van der Waals surface area contributed by atoms with Crippen molar-refractivity contribution in [1.82, 2.24) is 19.9 Å². The van der Waals surface area contributed by atoms with Crippen molar-refractivity contribution in [2.45, 2.75) is 0 Å². The fourth-order valence-corrected chi connectivity index (χ4v) is 16.6. The number of furan rings is 4. The minimum absolute atomic E-state index is 0.629. The molecule has 0 aliphatic heterocycles. The Balaban J connectivity index is 0.604. The number of para-hydroxylation sites is 5. The fraction of sp³-hybridized carbons (Fsp3) is 0. The molecule has 112 heavy (non-hydrogen) atoms. The molecule has 0 amide bonds. The maximum atomic E-state index is 7.04. The first-order chi connectivity index (χ1) is 55.5. The molecule has 22 aromatic rings. The SMILES string of the molecule is c1ccc(-c2cc(-c3cccc(-c4c(-c5ccc(-c6cccc7c6oc6cc(-c8cccc(-c9cc(-c%10cccc(-c%11c(-c%12cccc(-c%13cccc%14c%13oc%13ccccc%13%14)c%12)ccc%12oc%13ccccc%13c%11%12)c%10)nc(-c%10ccccc%10)n9)c8)ccc67)cc5)ccc5oc6ccccc6c45)c3)nc(-c3ccccc3)n2)cc1. The molecule has 522 valence electrons. The molecule has 22 rings (SSSR count). The van der Waals surface area contributed by atoms with Gasteiger partial charge in [-0.3, -0.25) is 0 Å². The zero-order valence-electron chi connectivity index (χ0n) is 60.2. The van der Waals surface area contributed by atoms with Crippen LogP contribution in [0.1, 0.15) is 0 Å². The first-order valence-corrected chi connectivity index (χ1v) is 37.7. The number of hydrogen-bond acceptors (Lipinski definition) is 8. The van der Waals surface area contributed by atoms with Gasteiger partial charge in [-0.15, -0.1) is 0 Å². The summed E-state index contributed by atoms with van der Waals surface area (Å²) in [6.07, 6.45) is 0. The van der Waals surface area contributed by atoms with Crippen LogP contribution in [-0.4, -0.2) is 19.9 Å². The Labute approximate surface area is 643 Å². The van der Waals surface area contributed by atoms with Crippen molar-refractivity contribution in [3.05, 3.63) is 376 Å². The van der Waals surface area contributed by atoms with Crippen molar-refractivity contribution in [2.75, 3.05) is 0 Å². The second kappa shape index (κ2) is 26.4. The van der Waals surface area contributed by atoms with Gasteiger partial charge in [0.25, 0.3) is 0 Å². The van der Waals surface area contributed by atoms with Crippen LogP contribution in [0, 0.1) is 0 Å². The number of fused-ring (bicyclic) bond motifs is 12. The van der Waals surface area contributed by atoms with Gasteiger partial charge in [0, 0.05) is 98.7 Å². The van der Waals surface area contributed by atoms with Crippen LogP contribution in [0.4, 0.5) is 0 Å². The summed E-state index contributed by atoms with van der Waals surface area (Å²) in [6.45, 7) is 0. The minimum Gasteiger partial charge on any atom is -0.456 e. The highest BCUT2D eigenvalue weighted by Crippen LogP contribution is 2.49. The molecule has 6 aromatic heterocycles. The molecule has 0 saturated heterocycles. The van der Waals surface area contributed by atoms with Crippen LogP contribution in [-0.2, 0) is 0 Å². The van der Waals surface area contributed by atoms with E-state index in [9.17, 15) is 0 Å². The smallest absolute Gasteiger partial charge is 0.160 e. The summed E-state index contributed by atoms with van der Waals surface area (Å²) in [5.74, 6) is 1.30. The molecule has 0 saturated carbocycles. The van der Waals surface area contributed by atoms with Gasteiger partial charge in [-0.25, -0.2) is 19.9 Å². The molecule has 0 aliphatic carbocycles. The van der Waals surface area contributed by atoms with Crippen LogP contribution in [0.15, 0.2) is 394 Å².